The molecule has 2 rings (SSSR count). The van der Waals surface area contributed by atoms with Crippen LogP contribution < -0.4 is 20.1 Å². The van der Waals surface area contributed by atoms with E-state index in [9.17, 15) is 4.79 Å². The van der Waals surface area contributed by atoms with Gasteiger partial charge in [0.15, 0.2) is 0 Å². The Morgan fingerprint density at radius 1 is 1.38 bits per heavy atom. The van der Waals surface area contributed by atoms with Gasteiger partial charge in [0.25, 0.3) is 0 Å². The van der Waals surface area contributed by atoms with Gasteiger partial charge in [0, 0.05) is 18.7 Å². The lowest BCUT2D eigenvalue weighted by Crippen LogP contribution is -2.37. The van der Waals surface area contributed by atoms with Crippen molar-refractivity contribution in [2.45, 2.75) is 19.8 Å². The summed E-state index contributed by atoms with van der Waals surface area (Å²) < 4.78 is 10.5. The number of amides is 1. The Bertz CT molecular complexity index is 528. The number of rotatable bonds is 5. The first kappa shape index (κ1) is 15.9. The van der Waals surface area contributed by atoms with Crippen molar-refractivity contribution in [3.63, 3.8) is 0 Å². The molecule has 1 aromatic rings. The maximum Gasteiger partial charge on any atom is 0.232 e. The van der Waals surface area contributed by atoms with Gasteiger partial charge in [-0.05, 0) is 19.4 Å². The topological polar surface area (TPSA) is 59.6 Å². The third-order valence-electron chi connectivity index (χ3n) is 4.12. The van der Waals surface area contributed by atoms with E-state index in [4.69, 9.17) is 21.1 Å². The molecule has 1 aliphatic heterocycles. The van der Waals surface area contributed by atoms with E-state index < -0.39 is 0 Å². The smallest absolute Gasteiger partial charge is 0.232 e. The average Bonchev–Trinajstić information content (AvgIpc) is 2.98. The number of benzene rings is 1. The van der Waals surface area contributed by atoms with Crippen LogP contribution >= 0.6 is 11.6 Å². The van der Waals surface area contributed by atoms with Crippen LogP contribution in [0.1, 0.15) is 19.8 Å². The third kappa shape index (κ3) is 3.09. The van der Waals surface area contributed by atoms with Crippen molar-refractivity contribution in [3.05, 3.63) is 17.2 Å². The minimum Gasteiger partial charge on any atom is -0.495 e. The molecule has 0 aromatic heterocycles. The summed E-state index contributed by atoms with van der Waals surface area (Å²) >= 11 is 6.07. The van der Waals surface area contributed by atoms with Crippen LogP contribution in [-0.4, -0.2) is 33.2 Å². The molecular weight excluding hydrogens is 292 g/mol. The Morgan fingerprint density at radius 3 is 2.62 bits per heavy atom. The van der Waals surface area contributed by atoms with Crippen molar-refractivity contribution in [2.75, 3.05) is 32.6 Å². The van der Waals surface area contributed by atoms with Crippen LogP contribution in [0.4, 0.5) is 5.69 Å². The second kappa shape index (κ2) is 6.54. The molecule has 1 unspecified atom stereocenters. The number of methoxy groups -OCH3 is 2. The second-order valence-corrected chi connectivity index (χ2v) is 5.61. The highest BCUT2D eigenvalue weighted by molar-refractivity contribution is 6.32. The van der Waals surface area contributed by atoms with E-state index in [0.29, 0.717) is 28.8 Å². The SMILES string of the molecule is CCC1(C(=O)Nc2cc(OC)c(Cl)cc2OC)CCNC1. The van der Waals surface area contributed by atoms with Crippen LogP contribution in [0.2, 0.25) is 5.02 Å². The summed E-state index contributed by atoms with van der Waals surface area (Å²) in [6.45, 7) is 3.59. The molecule has 1 atom stereocenters. The Kier molecular flexibility index (Phi) is 4.96. The van der Waals surface area contributed by atoms with Crippen molar-refractivity contribution in [1.29, 1.82) is 0 Å². The fourth-order valence-electron chi connectivity index (χ4n) is 2.61. The number of nitrogens with one attached hydrogen (secondary N) is 2. The van der Waals surface area contributed by atoms with Crippen molar-refractivity contribution >= 4 is 23.2 Å². The van der Waals surface area contributed by atoms with Crippen molar-refractivity contribution < 1.29 is 14.3 Å². The van der Waals surface area contributed by atoms with Crippen molar-refractivity contribution in [2.24, 2.45) is 5.41 Å². The molecule has 0 bridgehead atoms. The first-order chi connectivity index (χ1) is 10.1. The molecule has 1 heterocycles. The molecule has 0 saturated carbocycles. The van der Waals surface area contributed by atoms with E-state index in [1.165, 1.54) is 7.11 Å². The van der Waals surface area contributed by atoms with Gasteiger partial charge >= 0.3 is 0 Å². The molecular formula is C15H21ClN2O3. The maximum atomic E-state index is 12.6. The minimum atomic E-state index is -0.363. The van der Waals surface area contributed by atoms with Crippen molar-refractivity contribution in [1.82, 2.24) is 5.32 Å². The van der Waals surface area contributed by atoms with Gasteiger partial charge in [-0.2, -0.15) is 0 Å². The predicted octanol–water partition coefficient (Wildman–Crippen LogP) is 2.69. The Balaban J connectivity index is 2.27. The highest BCUT2D eigenvalue weighted by Gasteiger charge is 2.39. The van der Waals surface area contributed by atoms with Crippen LogP contribution in [0.15, 0.2) is 12.1 Å². The van der Waals surface area contributed by atoms with E-state index in [1.54, 1.807) is 19.2 Å². The standard InChI is InChI=1S/C15H21ClN2O3/c1-4-15(5-6-17-9-15)14(19)18-11-8-12(20-2)10(16)7-13(11)21-3/h7-8,17H,4-6,9H2,1-3H3,(H,18,19). The highest BCUT2D eigenvalue weighted by Crippen LogP contribution is 2.38. The number of ether oxygens (including phenoxy) is 2. The zero-order valence-electron chi connectivity index (χ0n) is 12.6. The summed E-state index contributed by atoms with van der Waals surface area (Å²) in [5.41, 5.74) is 0.209. The maximum absolute atomic E-state index is 12.6. The van der Waals surface area contributed by atoms with Crippen LogP contribution in [0, 0.1) is 5.41 Å². The van der Waals surface area contributed by atoms with Crippen LogP contribution in [0.25, 0.3) is 0 Å². The van der Waals surface area contributed by atoms with Gasteiger partial charge in [0.1, 0.15) is 11.5 Å². The Hall–Kier alpha value is -1.46. The fourth-order valence-corrected chi connectivity index (χ4v) is 2.84. The van der Waals surface area contributed by atoms with Gasteiger partial charge in [-0.25, -0.2) is 0 Å². The van der Waals surface area contributed by atoms with E-state index in [2.05, 4.69) is 10.6 Å². The van der Waals surface area contributed by atoms with E-state index >= 15 is 0 Å². The zero-order valence-corrected chi connectivity index (χ0v) is 13.3. The van der Waals surface area contributed by atoms with E-state index in [0.717, 1.165) is 19.4 Å². The summed E-state index contributed by atoms with van der Waals surface area (Å²) in [5.74, 6) is 1.02. The van der Waals surface area contributed by atoms with Gasteiger partial charge in [-0.1, -0.05) is 18.5 Å². The molecule has 2 N–H and O–H groups in total. The summed E-state index contributed by atoms with van der Waals surface area (Å²) in [4.78, 5) is 12.6. The van der Waals surface area contributed by atoms with E-state index in [1.807, 2.05) is 6.92 Å². The summed E-state index contributed by atoms with van der Waals surface area (Å²) in [6, 6.07) is 3.33. The van der Waals surface area contributed by atoms with Crippen LogP contribution in [0.3, 0.4) is 0 Å². The molecule has 1 aromatic carbocycles. The Morgan fingerprint density at radius 2 is 2.10 bits per heavy atom. The first-order valence-electron chi connectivity index (χ1n) is 7.00. The minimum absolute atomic E-state index is 0.00215. The van der Waals surface area contributed by atoms with Crippen molar-refractivity contribution in [3.8, 4) is 11.5 Å². The quantitative estimate of drug-likeness (QED) is 0.877. The number of hydrogen-bond acceptors (Lipinski definition) is 4. The molecule has 1 amide bonds. The molecule has 0 spiro atoms. The number of halogens is 1. The summed E-state index contributed by atoms with van der Waals surface area (Å²) in [7, 11) is 3.08. The van der Waals surface area contributed by atoms with Crippen LogP contribution in [0.5, 0.6) is 11.5 Å². The summed E-state index contributed by atoms with van der Waals surface area (Å²) in [6.07, 6.45) is 1.63. The lowest BCUT2D eigenvalue weighted by molar-refractivity contribution is -0.124. The van der Waals surface area contributed by atoms with Crippen LogP contribution in [-0.2, 0) is 4.79 Å². The van der Waals surface area contributed by atoms with Gasteiger partial charge in [-0.3, -0.25) is 4.79 Å². The third-order valence-corrected chi connectivity index (χ3v) is 4.42. The molecule has 1 aliphatic rings. The summed E-state index contributed by atoms with van der Waals surface area (Å²) in [5, 5.41) is 6.65. The molecule has 116 valence electrons. The predicted molar refractivity (Wildman–Crippen MR) is 83.4 cm³/mol. The van der Waals surface area contributed by atoms with Gasteiger partial charge < -0.3 is 20.1 Å². The number of carbonyl (C=O) groups is 1. The fraction of sp³-hybridized carbons (Fsp3) is 0.533. The molecule has 0 radical (unpaired) electrons. The van der Waals surface area contributed by atoms with Gasteiger partial charge in [0.2, 0.25) is 5.91 Å². The lowest BCUT2D eigenvalue weighted by Gasteiger charge is -2.26. The molecule has 1 fully saturated rings. The monoisotopic (exact) mass is 312 g/mol. The van der Waals surface area contributed by atoms with Gasteiger partial charge in [0.05, 0.1) is 30.3 Å². The number of hydrogen-bond donors (Lipinski definition) is 2. The molecule has 0 aliphatic carbocycles. The number of anilines is 1. The molecule has 1 saturated heterocycles. The normalized spacial score (nSPS) is 21.1. The largest absolute Gasteiger partial charge is 0.495 e. The van der Waals surface area contributed by atoms with Gasteiger partial charge in [-0.15, -0.1) is 0 Å². The zero-order chi connectivity index (χ0) is 15.5. The first-order valence-corrected chi connectivity index (χ1v) is 7.38. The van der Waals surface area contributed by atoms with E-state index in [-0.39, 0.29) is 11.3 Å². The Labute approximate surface area is 130 Å². The molecule has 5 nitrogen and oxygen atoms in total. The number of carbonyl (C=O) groups excluding carboxylic acids is 1. The molecule has 6 heteroatoms. The highest BCUT2D eigenvalue weighted by atomic mass is 35.5. The average molecular weight is 313 g/mol. The lowest BCUT2D eigenvalue weighted by atomic mass is 9.83. The second-order valence-electron chi connectivity index (χ2n) is 5.20. The molecule has 21 heavy (non-hydrogen) atoms.